The molecule has 132 valence electrons. The van der Waals surface area contributed by atoms with Gasteiger partial charge in [-0.2, -0.15) is 5.90 Å². The van der Waals surface area contributed by atoms with Crippen LogP contribution >= 0.6 is 11.9 Å². The summed E-state index contributed by atoms with van der Waals surface area (Å²) < 4.78 is 26.9. The fraction of sp³-hybridized carbons (Fsp3) is 0.235. The highest BCUT2D eigenvalue weighted by atomic mass is 32.2. The van der Waals surface area contributed by atoms with E-state index in [2.05, 4.69) is 9.56 Å². The second-order valence-corrected chi connectivity index (χ2v) is 6.40. The van der Waals surface area contributed by atoms with Crippen molar-refractivity contribution in [2.75, 3.05) is 13.2 Å². The normalized spacial score (nSPS) is 19.6. The number of hydrogen-bond acceptors (Lipinski definition) is 7. The Labute approximate surface area is 148 Å². The van der Waals surface area contributed by atoms with E-state index in [1.807, 2.05) is 12.1 Å². The molecule has 0 saturated carbocycles. The highest BCUT2D eigenvalue weighted by Gasteiger charge is 2.44. The Morgan fingerprint density at radius 3 is 2.36 bits per heavy atom. The Hall–Kier alpha value is -2.13. The molecule has 3 N–H and O–H groups in total. The molecule has 1 aliphatic rings. The zero-order valence-electron chi connectivity index (χ0n) is 13.2. The predicted octanol–water partition coefficient (Wildman–Crippen LogP) is 2.79. The van der Waals surface area contributed by atoms with E-state index in [1.54, 1.807) is 24.3 Å². The van der Waals surface area contributed by atoms with Gasteiger partial charge in [0.1, 0.15) is 17.3 Å². The van der Waals surface area contributed by atoms with Crippen molar-refractivity contribution < 1.29 is 23.5 Å². The van der Waals surface area contributed by atoms with Gasteiger partial charge in [-0.05, 0) is 60.5 Å². The van der Waals surface area contributed by atoms with Gasteiger partial charge in [-0.15, -0.1) is 0 Å². The van der Waals surface area contributed by atoms with Crippen LogP contribution in [-0.2, 0) is 14.4 Å². The number of benzene rings is 2. The lowest BCUT2D eigenvalue weighted by atomic mass is 10.0. The Morgan fingerprint density at radius 1 is 1.16 bits per heavy atom. The molecule has 2 aromatic rings. The van der Waals surface area contributed by atoms with E-state index in [0.29, 0.717) is 24.5 Å². The highest BCUT2D eigenvalue weighted by Crippen LogP contribution is 2.28. The Balaban J connectivity index is 1.60. The van der Waals surface area contributed by atoms with Gasteiger partial charge in [0.25, 0.3) is 0 Å². The van der Waals surface area contributed by atoms with Crippen molar-refractivity contribution in [2.45, 2.75) is 16.9 Å². The smallest absolute Gasteiger partial charge is 0.348 e. The number of hydrogen-bond donors (Lipinski definition) is 2. The summed E-state index contributed by atoms with van der Waals surface area (Å²) in [5.74, 6) is 5.32. The SMILES string of the molecule is NOC(=O)C1(NSc2ccc(Oc3ccc(F)cc3)cc2)CCOC1. The second-order valence-electron chi connectivity index (χ2n) is 5.52. The Bertz CT molecular complexity index is 718. The largest absolute Gasteiger partial charge is 0.457 e. The van der Waals surface area contributed by atoms with Crippen LogP contribution in [0.2, 0.25) is 0 Å². The first-order valence-electron chi connectivity index (χ1n) is 7.58. The molecular formula is C17H17FN2O4S. The predicted molar refractivity (Wildman–Crippen MR) is 90.4 cm³/mol. The molecule has 1 heterocycles. The van der Waals surface area contributed by atoms with Gasteiger partial charge in [0, 0.05) is 17.9 Å². The number of ether oxygens (including phenoxy) is 2. The number of carbonyl (C=O) groups is 1. The summed E-state index contributed by atoms with van der Waals surface area (Å²) in [6.45, 7) is 0.675. The molecule has 25 heavy (non-hydrogen) atoms. The van der Waals surface area contributed by atoms with Gasteiger partial charge < -0.3 is 14.3 Å². The maximum absolute atomic E-state index is 12.9. The molecule has 0 aliphatic carbocycles. The summed E-state index contributed by atoms with van der Waals surface area (Å²) in [5.41, 5.74) is -0.942. The van der Waals surface area contributed by atoms with E-state index < -0.39 is 11.5 Å². The first kappa shape index (κ1) is 17.7. The van der Waals surface area contributed by atoms with Gasteiger partial charge in [-0.3, -0.25) is 0 Å². The van der Waals surface area contributed by atoms with Crippen LogP contribution in [0.4, 0.5) is 4.39 Å². The van der Waals surface area contributed by atoms with Crippen LogP contribution in [0.1, 0.15) is 6.42 Å². The van der Waals surface area contributed by atoms with E-state index in [4.69, 9.17) is 15.4 Å². The molecule has 0 aromatic heterocycles. The average molecular weight is 364 g/mol. The van der Waals surface area contributed by atoms with Crippen LogP contribution in [0.3, 0.4) is 0 Å². The standard InChI is InChI=1S/C17H17FN2O4S/c18-12-1-3-13(4-2-12)23-14-5-7-15(8-6-14)25-20-17(16(21)24-19)9-10-22-11-17/h1-8,20H,9-11,19H2. The lowest BCUT2D eigenvalue weighted by Gasteiger charge is -2.24. The number of carbonyl (C=O) groups excluding carboxylic acids is 1. The molecule has 1 atom stereocenters. The van der Waals surface area contributed by atoms with Gasteiger partial charge >= 0.3 is 5.97 Å². The molecule has 1 aliphatic heterocycles. The molecule has 0 bridgehead atoms. The Kier molecular flexibility index (Phi) is 5.54. The maximum atomic E-state index is 12.9. The van der Waals surface area contributed by atoms with E-state index in [-0.39, 0.29) is 12.4 Å². The van der Waals surface area contributed by atoms with E-state index >= 15 is 0 Å². The number of halogens is 1. The topological polar surface area (TPSA) is 82.8 Å². The summed E-state index contributed by atoms with van der Waals surface area (Å²) in [6.07, 6.45) is 0.488. The quantitative estimate of drug-likeness (QED) is 0.602. The van der Waals surface area contributed by atoms with Crippen molar-refractivity contribution in [1.82, 2.24) is 4.72 Å². The zero-order chi connectivity index (χ0) is 17.7. The number of nitrogens with two attached hydrogens (primary N) is 1. The maximum Gasteiger partial charge on any atom is 0.348 e. The van der Waals surface area contributed by atoms with Crippen molar-refractivity contribution in [3.05, 3.63) is 54.3 Å². The summed E-state index contributed by atoms with van der Waals surface area (Å²) in [6, 6.07) is 13.0. The molecule has 0 amide bonds. The lowest BCUT2D eigenvalue weighted by molar-refractivity contribution is -0.151. The molecule has 6 nitrogen and oxygen atoms in total. The van der Waals surface area contributed by atoms with Crippen LogP contribution in [-0.4, -0.2) is 24.7 Å². The van der Waals surface area contributed by atoms with E-state index in [1.165, 1.54) is 24.1 Å². The van der Waals surface area contributed by atoms with Crippen LogP contribution in [0.25, 0.3) is 0 Å². The minimum Gasteiger partial charge on any atom is -0.457 e. The Morgan fingerprint density at radius 2 is 1.80 bits per heavy atom. The minimum absolute atomic E-state index is 0.210. The van der Waals surface area contributed by atoms with Gasteiger partial charge in [-0.1, -0.05) is 0 Å². The van der Waals surface area contributed by atoms with Crippen molar-refractivity contribution in [2.24, 2.45) is 5.90 Å². The second kappa shape index (κ2) is 7.83. The van der Waals surface area contributed by atoms with Gasteiger partial charge in [-0.25, -0.2) is 13.9 Å². The number of rotatable bonds is 6. The number of nitrogens with one attached hydrogen (secondary N) is 1. The first-order chi connectivity index (χ1) is 12.1. The van der Waals surface area contributed by atoms with Crippen molar-refractivity contribution in [1.29, 1.82) is 0 Å². The molecule has 0 spiro atoms. The third-order valence-corrected chi connectivity index (χ3v) is 4.76. The molecular weight excluding hydrogens is 347 g/mol. The third kappa shape index (κ3) is 4.29. The summed E-state index contributed by atoms with van der Waals surface area (Å²) in [4.78, 5) is 17.1. The van der Waals surface area contributed by atoms with Gasteiger partial charge in [0.15, 0.2) is 5.54 Å². The van der Waals surface area contributed by atoms with Crippen molar-refractivity contribution >= 4 is 17.9 Å². The molecule has 0 radical (unpaired) electrons. The zero-order valence-corrected chi connectivity index (χ0v) is 14.1. The first-order valence-corrected chi connectivity index (χ1v) is 8.39. The third-order valence-electron chi connectivity index (χ3n) is 3.76. The molecule has 8 heteroatoms. The summed E-state index contributed by atoms with van der Waals surface area (Å²) in [7, 11) is 0. The monoisotopic (exact) mass is 364 g/mol. The van der Waals surface area contributed by atoms with Crippen LogP contribution in [0.15, 0.2) is 53.4 Å². The van der Waals surface area contributed by atoms with Crippen LogP contribution in [0.5, 0.6) is 11.5 Å². The molecule has 1 saturated heterocycles. The molecule has 2 aromatic carbocycles. The van der Waals surface area contributed by atoms with Crippen LogP contribution < -0.4 is 15.4 Å². The van der Waals surface area contributed by atoms with Crippen molar-refractivity contribution in [3.63, 3.8) is 0 Å². The molecule has 3 rings (SSSR count). The van der Waals surface area contributed by atoms with Crippen LogP contribution in [0, 0.1) is 5.82 Å². The summed E-state index contributed by atoms with van der Waals surface area (Å²) in [5, 5.41) is 0. The van der Waals surface area contributed by atoms with Crippen molar-refractivity contribution in [3.8, 4) is 11.5 Å². The highest BCUT2D eigenvalue weighted by molar-refractivity contribution is 7.97. The molecule has 1 unspecified atom stereocenters. The van der Waals surface area contributed by atoms with Gasteiger partial charge in [0.05, 0.1) is 6.61 Å². The average Bonchev–Trinajstić information content (AvgIpc) is 3.12. The van der Waals surface area contributed by atoms with E-state index in [0.717, 1.165) is 4.90 Å². The lowest BCUT2D eigenvalue weighted by Crippen LogP contribution is -2.51. The minimum atomic E-state index is -0.942. The molecule has 1 fully saturated rings. The fourth-order valence-electron chi connectivity index (χ4n) is 2.33. The summed E-state index contributed by atoms with van der Waals surface area (Å²) >= 11 is 1.29. The van der Waals surface area contributed by atoms with E-state index in [9.17, 15) is 9.18 Å². The fourth-order valence-corrected chi connectivity index (χ4v) is 3.16. The van der Waals surface area contributed by atoms with Gasteiger partial charge in [0.2, 0.25) is 0 Å².